The van der Waals surface area contributed by atoms with Crippen molar-refractivity contribution >= 4 is 21.2 Å². The summed E-state index contributed by atoms with van der Waals surface area (Å²) in [5, 5.41) is 13.7. The maximum absolute atomic E-state index is 11.8. The molecule has 0 bridgehead atoms. The lowest BCUT2D eigenvalue weighted by molar-refractivity contribution is -0.385. The van der Waals surface area contributed by atoms with Crippen LogP contribution >= 0.6 is 0 Å². The number of anilines is 1. The van der Waals surface area contributed by atoms with Crippen LogP contribution in [-0.4, -0.2) is 37.7 Å². The molecule has 2 aromatic rings. The largest absolute Gasteiger partial charge is 0.490 e. The van der Waals surface area contributed by atoms with Crippen LogP contribution in [0, 0.1) is 10.1 Å². The molecular formula is C14H15N3O5S. The maximum Gasteiger partial charge on any atom is 0.270 e. The van der Waals surface area contributed by atoms with Crippen LogP contribution in [0.5, 0.6) is 5.75 Å². The molecule has 1 N–H and O–H groups in total. The van der Waals surface area contributed by atoms with E-state index in [0.717, 1.165) is 12.3 Å². The van der Waals surface area contributed by atoms with Gasteiger partial charge in [0.25, 0.3) is 5.69 Å². The van der Waals surface area contributed by atoms with Gasteiger partial charge in [-0.3, -0.25) is 15.1 Å². The van der Waals surface area contributed by atoms with E-state index in [1.165, 1.54) is 12.1 Å². The molecule has 0 aliphatic carbocycles. The second-order valence-electron chi connectivity index (χ2n) is 4.67. The van der Waals surface area contributed by atoms with Crippen LogP contribution in [-0.2, 0) is 9.84 Å². The number of nitrogens with zero attached hydrogens (tertiary/aromatic N) is 2. The number of hydrogen-bond acceptors (Lipinski definition) is 7. The number of aromatic nitrogens is 1. The topological polar surface area (TPSA) is 111 Å². The van der Waals surface area contributed by atoms with Crippen LogP contribution in [0.1, 0.15) is 0 Å². The third kappa shape index (κ3) is 4.65. The van der Waals surface area contributed by atoms with Gasteiger partial charge in [0.05, 0.1) is 21.7 Å². The van der Waals surface area contributed by atoms with Gasteiger partial charge in [-0.15, -0.1) is 0 Å². The van der Waals surface area contributed by atoms with Gasteiger partial charge < -0.3 is 10.1 Å². The highest BCUT2D eigenvalue weighted by Gasteiger charge is 2.18. The van der Waals surface area contributed by atoms with Crippen LogP contribution in [0.15, 0.2) is 47.6 Å². The van der Waals surface area contributed by atoms with Gasteiger partial charge in [-0.25, -0.2) is 8.42 Å². The monoisotopic (exact) mass is 337 g/mol. The zero-order valence-electron chi connectivity index (χ0n) is 12.3. The van der Waals surface area contributed by atoms with E-state index in [4.69, 9.17) is 4.74 Å². The van der Waals surface area contributed by atoms with Gasteiger partial charge in [-0.2, -0.15) is 0 Å². The van der Waals surface area contributed by atoms with Gasteiger partial charge in [0, 0.05) is 31.1 Å². The van der Waals surface area contributed by atoms with E-state index in [1.54, 1.807) is 24.5 Å². The molecule has 0 spiro atoms. The molecule has 0 atom stereocenters. The SMILES string of the molecule is CS(=O)(=O)c1cc([N+](=O)[O-])ccc1NCCOc1cccnc1. The molecule has 2 rings (SSSR count). The minimum Gasteiger partial charge on any atom is -0.490 e. The first-order valence-electron chi connectivity index (χ1n) is 6.63. The molecule has 0 unspecified atom stereocenters. The number of pyridine rings is 1. The van der Waals surface area contributed by atoms with Crippen molar-refractivity contribution in [3.05, 3.63) is 52.8 Å². The number of nitro groups is 1. The minimum atomic E-state index is -3.60. The number of sulfone groups is 1. The Morgan fingerprint density at radius 1 is 1.35 bits per heavy atom. The molecule has 0 fully saturated rings. The Balaban J connectivity index is 2.06. The van der Waals surface area contributed by atoms with E-state index in [2.05, 4.69) is 10.3 Å². The number of non-ortho nitro benzene ring substituents is 1. The van der Waals surface area contributed by atoms with Gasteiger partial charge in [0.2, 0.25) is 0 Å². The van der Waals surface area contributed by atoms with Gasteiger partial charge >= 0.3 is 0 Å². The predicted molar refractivity (Wildman–Crippen MR) is 84.4 cm³/mol. The Bertz CT molecular complexity index is 793. The summed E-state index contributed by atoms with van der Waals surface area (Å²) in [7, 11) is -3.60. The summed E-state index contributed by atoms with van der Waals surface area (Å²) in [5.41, 5.74) is 0.0236. The molecule has 8 nitrogen and oxygen atoms in total. The molecule has 1 heterocycles. The van der Waals surface area contributed by atoms with Crippen LogP contribution in [0.25, 0.3) is 0 Å². The molecule has 122 valence electrons. The van der Waals surface area contributed by atoms with Crippen molar-refractivity contribution < 1.29 is 18.1 Å². The number of nitro benzene ring substituents is 1. The lowest BCUT2D eigenvalue weighted by Gasteiger charge is -2.11. The lowest BCUT2D eigenvalue weighted by atomic mass is 10.3. The Kier molecular flexibility index (Phi) is 5.12. The Hall–Kier alpha value is -2.68. The molecular weight excluding hydrogens is 322 g/mol. The van der Waals surface area contributed by atoms with Crippen molar-refractivity contribution in [1.82, 2.24) is 4.98 Å². The first-order valence-corrected chi connectivity index (χ1v) is 8.52. The zero-order chi connectivity index (χ0) is 16.9. The number of rotatable bonds is 7. The first kappa shape index (κ1) is 16.7. The number of hydrogen-bond donors (Lipinski definition) is 1. The summed E-state index contributed by atoms with van der Waals surface area (Å²) in [6, 6.07) is 7.15. The van der Waals surface area contributed by atoms with E-state index in [1.807, 2.05) is 0 Å². The van der Waals surface area contributed by atoms with Crippen molar-refractivity contribution in [2.24, 2.45) is 0 Å². The molecule has 0 amide bonds. The third-order valence-corrected chi connectivity index (χ3v) is 4.03. The van der Waals surface area contributed by atoms with Crippen LogP contribution in [0.4, 0.5) is 11.4 Å². The van der Waals surface area contributed by atoms with Gasteiger partial charge in [-0.1, -0.05) is 0 Å². The second kappa shape index (κ2) is 7.05. The summed E-state index contributed by atoms with van der Waals surface area (Å²) >= 11 is 0. The summed E-state index contributed by atoms with van der Waals surface area (Å²) in [5.74, 6) is 0.598. The van der Waals surface area contributed by atoms with Gasteiger partial charge in [-0.05, 0) is 18.2 Å². The first-order chi connectivity index (χ1) is 10.9. The van der Waals surface area contributed by atoms with Crippen LogP contribution in [0.3, 0.4) is 0 Å². The smallest absolute Gasteiger partial charge is 0.270 e. The fourth-order valence-electron chi connectivity index (χ4n) is 1.86. The Morgan fingerprint density at radius 2 is 2.13 bits per heavy atom. The van der Waals surface area contributed by atoms with E-state index in [-0.39, 0.29) is 17.2 Å². The molecule has 0 radical (unpaired) electrons. The third-order valence-electron chi connectivity index (χ3n) is 2.90. The molecule has 1 aromatic carbocycles. The minimum absolute atomic E-state index is 0.118. The predicted octanol–water partition coefficient (Wildman–Crippen LogP) is 1.88. The average Bonchev–Trinajstić information content (AvgIpc) is 2.51. The molecule has 0 aliphatic heterocycles. The Labute approximate surface area is 133 Å². The van der Waals surface area contributed by atoms with Gasteiger partial charge in [0.1, 0.15) is 12.4 Å². The fraction of sp³-hybridized carbons (Fsp3) is 0.214. The quantitative estimate of drug-likeness (QED) is 0.466. The summed E-state index contributed by atoms with van der Waals surface area (Å²) in [6.07, 6.45) is 4.19. The molecule has 0 aliphatic rings. The van der Waals surface area contributed by atoms with Crippen LogP contribution < -0.4 is 10.1 Å². The summed E-state index contributed by atoms with van der Waals surface area (Å²) < 4.78 is 29.0. The Morgan fingerprint density at radius 3 is 2.74 bits per heavy atom. The highest BCUT2D eigenvalue weighted by molar-refractivity contribution is 7.90. The number of ether oxygens (including phenoxy) is 1. The number of benzene rings is 1. The zero-order valence-corrected chi connectivity index (χ0v) is 13.1. The summed E-state index contributed by atoms with van der Waals surface area (Å²) in [6.45, 7) is 0.612. The second-order valence-corrected chi connectivity index (χ2v) is 6.66. The highest BCUT2D eigenvalue weighted by atomic mass is 32.2. The molecule has 23 heavy (non-hydrogen) atoms. The van der Waals surface area contributed by atoms with E-state index < -0.39 is 14.8 Å². The highest BCUT2D eigenvalue weighted by Crippen LogP contribution is 2.26. The van der Waals surface area contributed by atoms with E-state index >= 15 is 0 Å². The van der Waals surface area contributed by atoms with Crippen LogP contribution in [0.2, 0.25) is 0 Å². The maximum atomic E-state index is 11.8. The van der Waals surface area contributed by atoms with Crippen molar-refractivity contribution in [3.8, 4) is 5.75 Å². The molecule has 1 aromatic heterocycles. The molecule has 0 saturated heterocycles. The number of nitrogens with one attached hydrogen (secondary N) is 1. The average molecular weight is 337 g/mol. The van der Waals surface area contributed by atoms with Gasteiger partial charge in [0.15, 0.2) is 9.84 Å². The normalized spacial score (nSPS) is 11.0. The van der Waals surface area contributed by atoms with Crippen molar-refractivity contribution in [1.29, 1.82) is 0 Å². The van der Waals surface area contributed by atoms with E-state index in [9.17, 15) is 18.5 Å². The van der Waals surface area contributed by atoms with E-state index in [0.29, 0.717) is 18.0 Å². The van der Waals surface area contributed by atoms with Crippen molar-refractivity contribution in [2.45, 2.75) is 4.90 Å². The lowest BCUT2D eigenvalue weighted by Crippen LogP contribution is -2.14. The standard InChI is InChI=1S/C14H15N3O5S/c1-23(20,21)14-9-11(17(18)19)4-5-13(14)16-7-8-22-12-3-2-6-15-10-12/h2-6,9-10,16H,7-8H2,1H3. The summed E-state index contributed by atoms with van der Waals surface area (Å²) in [4.78, 5) is 13.9. The van der Waals surface area contributed by atoms with Crippen molar-refractivity contribution in [3.63, 3.8) is 0 Å². The fourth-order valence-corrected chi connectivity index (χ4v) is 2.74. The van der Waals surface area contributed by atoms with Crippen molar-refractivity contribution in [2.75, 3.05) is 24.7 Å². The molecule has 9 heteroatoms. The molecule has 0 saturated carbocycles.